The average molecular weight is 188 g/mol. The number of carboxylic acids is 1. The summed E-state index contributed by atoms with van der Waals surface area (Å²) in [6.45, 7) is 3.66. The Bertz CT molecular complexity index is 238. The zero-order chi connectivity index (χ0) is 9.35. The maximum absolute atomic E-state index is 10.7. The largest absolute Gasteiger partial charge is 0.480 e. The standard InChI is InChI=1S/C7H12N2O2S/c1-7(2)4(5(10)11)8-6(9-7)12-3/h4H,1-3H3,(H,8,9)(H,10,11). The van der Waals surface area contributed by atoms with Gasteiger partial charge in [0.1, 0.15) is 0 Å². The molecule has 1 rings (SSSR count). The minimum atomic E-state index is -0.878. The van der Waals surface area contributed by atoms with E-state index in [0.29, 0.717) is 5.17 Å². The normalized spacial score (nSPS) is 26.2. The maximum Gasteiger partial charge on any atom is 0.330 e. The number of carbonyl (C=O) groups is 1. The fourth-order valence-electron chi connectivity index (χ4n) is 1.12. The molecular weight excluding hydrogens is 176 g/mol. The van der Waals surface area contributed by atoms with Crippen molar-refractivity contribution in [3.8, 4) is 0 Å². The number of thioether (sulfide) groups is 1. The van der Waals surface area contributed by atoms with Crippen LogP contribution in [0.5, 0.6) is 0 Å². The van der Waals surface area contributed by atoms with Crippen LogP contribution in [-0.4, -0.2) is 34.1 Å². The molecule has 0 amide bonds. The third kappa shape index (κ3) is 1.55. The van der Waals surface area contributed by atoms with E-state index in [4.69, 9.17) is 5.11 Å². The smallest absolute Gasteiger partial charge is 0.330 e. The summed E-state index contributed by atoms with van der Waals surface area (Å²) >= 11 is 1.43. The topological polar surface area (TPSA) is 61.7 Å². The van der Waals surface area contributed by atoms with Crippen LogP contribution in [0.25, 0.3) is 0 Å². The second-order valence-corrected chi connectivity index (χ2v) is 4.02. The quantitative estimate of drug-likeness (QED) is 0.630. The number of aliphatic carboxylic acids is 1. The van der Waals surface area contributed by atoms with Gasteiger partial charge in [-0.3, -0.25) is 0 Å². The molecule has 1 aliphatic heterocycles. The highest BCUT2D eigenvalue weighted by Gasteiger charge is 2.40. The third-order valence-corrected chi connectivity index (χ3v) is 2.38. The van der Waals surface area contributed by atoms with Crippen LogP contribution in [-0.2, 0) is 4.79 Å². The Kier molecular flexibility index (Phi) is 2.32. The van der Waals surface area contributed by atoms with Gasteiger partial charge in [-0.25, -0.2) is 9.79 Å². The lowest BCUT2D eigenvalue weighted by Crippen LogP contribution is -2.47. The lowest BCUT2D eigenvalue weighted by Gasteiger charge is -2.22. The van der Waals surface area contributed by atoms with E-state index in [2.05, 4.69) is 10.3 Å². The molecule has 12 heavy (non-hydrogen) atoms. The fraction of sp³-hybridized carbons (Fsp3) is 0.714. The molecule has 0 bridgehead atoms. The number of hydrogen-bond acceptors (Lipinski definition) is 4. The van der Waals surface area contributed by atoms with Gasteiger partial charge < -0.3 is 10.4 Å². The minimum Gasteiger partial charge on any atom is -0.480 e. The molecule has 1 aliphatic rings. The third-order valence-electron chi connectivity index (χ3n) is 1.79. The van der Waals surface area contributed by atoms with Gasteiger partial charge in [-0.2, -0.15) is 0 Å². The van der Waals surface area contributed by atoms with Gasteiger partial charge in [0.15, 0.2) is 11.2 Å². The number of nitrogens with zero attached hydrogens (tertiary/aromatic N) is 1. The molecule has 5 heteroatoms. The molecule has 0 aromatic heterocycles. The van der Waals surface area contributed by atoms with E-state index in [9.17, 15) is 4.79 Å². The molecule has 2 N–H and O–H groups in total. The second kappa shape index (κ2) is 2.97. The van der Waals surface area contributed by atoms with Crippen molar-refractivity contribution in [2.45, 2.75) is 25.4 Å². The Morgan fingerprint density at radius 3 is 2.58 bits per heavy atom. The Morgan fingerprint density at radius 2 is 2.33 bits per heavy atom. The van der Waals surface area contributed by atoms with Crippen LogP contribution in [0, 0.1) is 0 Å². The summed E-state index contributed by atoms with van der Waals surface area (Å²) in [4.78, 5) is 14.8. The molecule has 0 spiro atoms. The lowest BCUT2D eigenvalue weighted by atomic mass is 9.97. The van der Waals surface area contributed by atoms with Gasteiger partial charge in [0.05, 0.1) is 5.54 Å². The van der Waals surface area contributed by atoms with Crippen LogP contribution in [0.3, 0.4) is 0 Å². The molecule has 0 radical (unpaired) electrons. The zero-order valence-electron chi connectivity index (χ0n) is 7.29. The molecule has 0 saturated heterocycles. The number of rotatable bonds is 1. The predicted molar refractivity (Wildman–Crippen MR) is 49.6 cm³/mol. The summed E-state index contributed by atoms with van der Waals surface area (Å²) in [5.74, 6) is -0.878. The number of hydrogen-bond donors (Lipinski definition) is 2. The van der Waals surface area contributed by atoms with Crippen LogP contribution >= 0.6 is 11.8 Å². The van der Waals surface area contributed by atoms with Gasteiger partial charge in [0.25, 0.3) is 0 Å². The first kappa shape index (κ1) is 9.38. The van der Waals surface area contributed by atoms with E-state index in [1.807, 2.05) is 20.1 Å². The van der Waals surface area contributed by atoms with Crippen LogP contribution < -0.4 is 5.32 Å². The summed E-state index contributed by atoms with van der Waals surface area (Å²) in [7, 11) is 0. The van der Waals surface area contributed by atoms with Crippen molar-refractivity contribution in [3.05, 3.63) is 0 Å². The molecule has 0 aromatic rings. The van der Waals surface area contributed by atoms with Gasteiger partial charge in [-0.15, -0.1) is 0 Å². The van der Waals surface area contributed by atoms with Crippen molar-refractivity contribution in [1.82, 2.24) is 5.32 Å². The number of carboxylic acid groups (broad SMARTS) is 1. The van der Waals surface area contributed by atoms with Crippen LogP contribution in [0.1, 0.15) is 13.8 Å². The van der Waals surface area contributed by atoms with Crippen molar-refractivity contribution in [2.75, 3.05) is 6.26 Å². The molecule has 1 heterocycles. The number of nitrogens with one attached hydrogen (secondary N) is 1. The van der Waals surface area contributed by atoms with Crippen molar-refractivity contribution < 1.29 is 9.90 Å². The molecule has 0 aromatic carbocycles. The highest BCUT2D eigenvalue weighted by atomic mass is 32.2. The van der Waals surface area contributed by atoms with E-state index in [0.717, 1.165) is 0 Å². The molecule has 0 saturated carbocycles. The van der Waals surface area contributed by atoms with Crippen molar-refractivity contribution in [2.24, 2.45) is 4.99 Å². The van der Waals surface area contributed by atoms with Crippen LogP contribution in [0.15, 0.2) is 4.99 Å². The monoisotopic (exact) mass is 188 g/mol. The number of amidine groups is 1. The minimum absolute atomic E-state index is 0.468. The molecular formula is C7H12N2O2S. The molecule has 0 aliphatic carbocycles. The zero-order valence-corrected chi connectivity index (χ0v) is 8.10. The van der Waals surface area contributed by atoms with Gasteiger partial charge in [0, 0.05) is 0 Å². The van der Waals surface area contributed by atoms with Crippen molar-refractivity contribution in [1.29, 1.82) is 0 Å². The van der Waals surface area contributed by atoms with Crippen molar-refractivity contribution in [3.63, 3.8) is 0 Å². The summed E-state index contributed by atoms with van der Waals surface area (Å²) in [6.07, 6.45) is 1.87. The Hall–Kier alpha value is -0.710. The summed E-state index contributed by atoms with van der Waals surface area (Å²) < 4.78 is 0. The van der Waals surface area contributed by atoms with Gasteiger partial charge in [-0.05, 0) is 20.1 Å². The van der Waals surface area contributed by atoms with E-state index in [1.165, 1.54) is 11.8 Å². The highest BCUT2D eigenvalue weighted by molar-refractivity contribution is 8.13. The average Bonchev–Trinajstić information content (AvgIpc) is 2.25. The highest BCUT2D eigenvalue weighted by Crippen LogP contribution is 2.21. The SMILES string of the molecule is CSC1=NC(C(=O)O)C(C)(C)N1. The molecule has 1 unspecified atom stereocenters. The van der Waals surface area contributed by atoms with E-state index < -0.39 is 17.6 Å². The van der Waals surface area contributed by atoms with Gasteiger partial charge >= 0.3 is 5.97 Å². The Labute approximate surface area is 75.4 Å². The summed E-state index contributed by atoms with van der Waals surface area (Å²) in [5, 5.41) is 12.6. The van der Waals surface area contributed by atoms with E-state index >= 15 is 0 Å². The van der Waals surface area contributed by atoms with Crippen LogP contribution in [0.4, 0.5) is 0 Å². The molecule has 0 fully saturated rings. The molecule has 68 valence electrons. The first-order valence-corrected chi connectivity index (χ1v) is 4.82. The predicted octanol–water partition coefficient (Wildman–Crippen LogP) is 0.540. The van der Waals surface area contributed by atoms with E-state index in [-0.39, 0.29) is 0 Å². The van der Waals surface area contributed by atoms with Gasteiger partial charge in [0.2, 0.25) is 0 Å². The molecule has 1 atom stereocenters. The number of aliphatic imine (C=N–C) groups is 1. The first-order valence-electron chi connectivity index (χ1n) is 3.60. The summed E-state index contributed by atoms with van der Waals surface area (Å²) in [6, 6.07) is -0.667. The Morgan fingerprint density at radius 1 is 1.75 bits per heavy atom. The van der Waals surface area contributed by atoms with Crippen molar-refractivity contribution >= 4 is 22.9 Å². The lowest BCUT2D eigenvalue weighted by molar-refractivity contribution is -0.139. The second-order valence-electron chi connectivity index (χ2n) is 3.23. The molecule has 4 nitrogen and oxygen atoms in total. The van der Waals surface area contributed by atoms with E-state index in [1.54, 1.807) is 0 Å². The van der Waals surface area contributed by atoms with Crippen LogP contribution in [0.2, 0.25) is 0 Å². The Balaban J connectivity index is 2.84. The first-order chi connectivity index (χ1) is 5.47. The maximum atomic E-state index is 10.7. The fourth-order valence-corrected chi connectivity index (χ4v) is 1.70. The summed E-state index contributed by atoms with van der Waals surface area (Å²) in [5.41, 5.74) is -0.468. The van der Waals surface area contributed by atoms with Gasteiger partial charge in [-0.1, -0.05) is 11.8 Å².